The number of aromatic nitrogens is 2. The summed E-state index contributed by atoms with van der Waals surface area (Å²) in [5.74, 6) is 0. The van der Waals surface area contributed by atoms with E-state index in [1.165, 1.54) is 6.33 Å². The van der Waals surface area contributed by atoms with Gasteiger partial charge in [-0.2, -0.15) is 0 Å². The predicted octanol–water partition coefficient (Wildman–Crippen LogP) is 0.876. The Labute approximate surface area is 95.1 Å². The monoisotopic (exact) mass is 226 g/mol. The molecule has 90 valence electrons. The van der Waals surface area contributed by atoms with Crippen LogP contribution in [-0.2, 0) is 4.79 Å². The second-order valence-electron chi connectivity index (χ2n) is 2.62. The van der Waals surface area contributed by atoms with Crippen molar-refractivity contribution in [3.05, 3.63) is 24.8 Å². The Bertz CT molecular complexity index is 224. The van der Waals surface area contributed by atoms with Gasteiger partial charge in [0.15, 0.2) is 0 Å². The quantitative estimate of drug-likeness (QED) is 0.588. The first-order chi connectivity index (χ1) is 7.65. The molecule has 6 nitrogen and oxygen atoms in total. The van der Waals surface area contributed by atoms with Crippen LogP contribution in [0.25, 0.3) is 0 Å². The maximum absolute atomic E-state index is 9.56. The van der Waals surface area contributed by atoms with E-state index in [9.17, 15) is 4.79 Å². The van der Waals surface area contributed by atoms with Gasteiger partial charge in [-0.15, -0.1) is 0 Å². The molecule has 0 saturated heterocycles. The normalized spacial score (nSPS) is 7.56. The summed E-state index contributed by atoms with van der Waals surface area (Å²) in [5, 5.41) is 0. The van der Waals surface area contributed by atoms with E-state index in [4.69, 9.17) is 4.79 Å². The molecule has 0 fully saturated rings. The first-order valence-corrected chi connectivity index (χ1v) is 4.83. The molecule has 0 aliphatic carbocycles. The molecule has 0 radical (unpaired) electrons. The van der Waals surface area contributed by atoms with Gasteiger partial charge >= 0.3 is 6.03 Å². The van der Waals surface area contributed by atoms with Gasteiger partial charge in [-0.3, -0.25) is 0 Å². The number of hydrogen-bond donors (Lipinski definition) is 2. The minimum Gasteiger partial charge on any atom is -0.352 e. The minimum absolute atomic E-state index is 0.733. The first-order valence-electron chi connectivity index (χ1n) is 4.83. The molecule has 0 unspecified atom stereocenters. The maximum atomic E-state index is 9.56. The van der Waals surface area contributed by atoms with Crippen LogP contribution in [0.1, 0.15) is 26.2 Å². The van der Waals surface area contributed by atoms with E-state index in [1.54, 1.807) is 18.5 Å². The van der Waals surface area contributed by atoms with Crippen molar-refractivity contribution in [1.82, 2.24) is 9.97 Å². The van der Waals surface area contributed by atoms with E-state index in [0.29, 0.717) is 0 Å². The Kier molecular flexibility index (Phi) is 15.9. The molecular formula is C10H18N4O2. The Morgan fingerprint density at radius 1 is 1.31 bits per heavy atom. The minimum atomic E-state index is -0.833. The molecule has 0 saturated carbocycles. The smallest absolute Gasteiger partial charge is 0.309 e. The lowest BCUT2D eigenvalue weighted by Gasteiger charge is -1.79. The van der Waals surface area contributed by atoms with Gasteiger partial charge in [0.2, 0.25) is 0 Å². The summed E-state index contributed by atoms with van der Waals surface area (Å²) in [6.07, 6.45) is 8.74. The summed E-state index contributed by atoms with van der Waals surface area (Å²) in [5.41, 5.74) is 8.50. The Balaban J connectivity index is 0. The van der Waals surface area contributed by atoms with E-state index in [0.717, 1.165) is 25.5 Å². The molecule has 0 aliphatic heterocycles. The standard InChI is InChI=1S/C5H10O.C4H4N2.CH4N2O/c1-2-3-4-5-6;1-2-5-4-6-3-1;2-1(3)4/h5H,2-4H2,1H3;1-4H;(H4,2,3,4). The van der Waals surface area contributed by atoms with Crippen LogP contribution in [0.4, 0.5) is 4.79 Å². The molecule has 1 rings (SSSR count). The molecule has 0 bridgehead atoms. The average Bonchev–Trinajstić information content (AvgIpc) is 2.29. The SMILES string of the molecule is CCCCC=O.NC(N)=O.c1cncnc1. The highest BCUT2D eigenvalue weighted by Gasteiger charge is 1.75. The van der Waals surface area contributed by atoms with E-state index < -0.39 is 6.03 Å². The zero-order valence-electron chi connectivity index (χ0n) is 9.37. The number of carbonyl (C=O) groups is 2. The van der Waals surface area contributed by atoms with Gasteiger partial charge in [0.05, 0.1) is 0 Å². The third kappa shape index (κ3) is 29.6. The number of nitrogens with zero attached hydrogens (tertiary/aromatic N) is 2. The number of unbranched alkanes of at least 4 members (excludes halogenated alkanes) is 2. The molecule has 0 spiro atoms. The van der Waals surface area contributed by atoms with Crippen LogP contribution < -0.4 is 11.5 Å². The van der Waals surface area contributed by atoms with Gasteiger partial charge in [-0.05, 0) is 12.5 Å². The first kappa shape index (κ1) is 16.4. The lowest BCUT2D eigenvalue weighted by Crippen LogP contribution is -2.18. The van der Waals surface area contributed by atoms with Crippen LogP contribution in [0.5, 0.6) is 0 Å². The molecule has 0 atom stereocenters. The van der Waals surface area contributed by atoms with Crippen LogP contribution in [0.3, 0.4) is 0 Å². The molecule has 4 N–H and O–H groups in total. The molecular weight excluding hydrogens is 208 g/mol. The highest BCUT2D eigenvalue weighted by Crippen LogP contribution is 1.87. The summed E-state index contributed by atoms with van der Waals surface area (Å²) in [6, 6.07) is 0.944. The van der Waals surface area contributed by atoms with Crippen molar-refractivity contribution in [2.45, 2.75) is 26.2 Å². The fourth-order valence-electron chi connectivity index (χ4n) is 0.541. The van der Waals surface area contributed by atoms with Gasteiger partial charge < -0.3 is 16.3 Å². The van der Waals surface area contributed by atoms with Crippen LogP contribution in [-0.4, -0.2) is 22.3 Å². The summed E-state index contributed by atoms with van der Waals surface area (Å²) >= 11 is 0. The van der Waals surface area contributed by atoms with Crippen molar-refractivity contribution in [1.29, 1.82) is 0 Å². The number of aldehydes is 1. The summed E-state index contributed by atoms with van der Waals surface area (Å²) < 4.78 is 0. The van der Waals surface area contributed by atoms with Gasteiger partial charge in [0, 0.05) is 18.8 Å². The largest absolute Gasteiger partial charge is 0.352 e. The maximum Gasteiger partial charge on any atom is 0.309 e. The third-order valence-electron chi connectivity index (χ3n) is 1.15. The number of hydrogen-bond acceptors (Lipinski definition) is 4. The predicted molar refractivity (Wildman–Crippen MR) is 61.4 cm³/mol. The number of amides is 2. The Morgan fingerprint density at radius 3 is 1.94 bits per heavy atom. The molecule has 0 aromatic carbocycles. The van der Waals surface area contributed by atoms with E-state index in [-0.39, 0.29) is 0 Å². The van der Waals surface area contributed by atoms with Crippen molar-refractivity contribution in [2.24, 2.45) is 11.5 Å². The van der Waals surface area contributed by atoms with E-state index >= 15 is 0 Å². The van der Waals surface area contributed by atoms with Crippen LogP contribution >= 0.6 is 0 Å². The van der Waals surface area contributed by atoms with Crippen LogP contribution in [0.15, 0.2) is 24.8 Å². The molecule has 2 amide bonds. The number of nitrogens with two attached hydrogens (primary N) is 2. The second kappa shape index (κ2) is 15.5. The Morgan fingerprint density at radius 2 is 1.81 bits per heavy atom. The molecule has 1 heterocycles. The summed E-state index contributed by atoms with van der Waals surface area (Å²) in [7, 11) is 0. The van der Waals surface area contributed by atoms with Gasteiger partial charge in [0.1, 0.15) is 12.6 Å². The number of urea groups is 1. The lowest BCUT2D eigenvalue weighted by molar-refractivity contribution is -0.107. The van der Waals surface area contributed by atoms with Crippen molar-refractivity contribution < 1.29 is 9.59 Å². The van der Waals surface area contributed by atoms with E-state index in [2.05, 4.69) is 28.4 Å². The van der Waals surface area contributed by atoms with E-state index in [1.807, 2.05) is 0 Å². The number of rotatable bonds is 3. The van der Waals surface area contributed by atoms with Crippen molar-refractivity contribution >= 4 is 12.3 Å². The molecule has 0 aliphatic rings. The highest BCUT2D eigenvalue weighted by molar-refractivity contribution is 5.69. The second-order valence-corrected chi connectivity index (χ2v) is 2.62. The van der Waals surface area contributed by atoms with Gasteiger partial charge in [0.25, 0.3) is 0 Å². The lowest BCUT2D eigenvalue weighted by atomic mass is 10.3. The summed E-state index contributed by atoms with van der Waals surface area (Å²) in [4.78, 5) is 25.9. The van der Waals surface area contributed by atoms with Crippen LogP contribution in [0.2, 0.25) is 0 Å². The molecule has 1 aromatic rings. The van der Waals surface area contributed by atoms with Crippen molar-refractivity contribution in [2.75, 3.05) is 0 Å². The number of primary amides is 2. The zero-order valence-corrected chi connectivity index (χ0v) is 9.37. The topological polar surface area (TPSA) is 112 Å². The Hall–Kier alpha value is -1.98. The van der Waals surface area contributed by atoms with Gasteiger partial charge in [-0.1, -0.05) is 13.3 Å². The fraction of sp³-hybridized carbons (Fsp3) is 0.400. The molecule has 16 heavy (non-hydrogen) atoms. The van der Waals surface area contributed by atoms with Crippen LogP contribution in [0, 0.1) is 0 Å². The average molecular weight is 226 g/mol. The molecule has 6 heteroatoms. The summed E-state index contributed by atoms with van der Waals surface area (Å²) in [6.45, 7) is 2.07. The molecule has 1 aromatic heterocycles. The number of carbonyl (C=O) groups excluding carboxylic acids is 2. The third-order valence-corrected chi connectivity index (χ3v) is 1.15. The highest BCUT2D eigenvalue weighted by atomic mass is 16.2. The van der Waals surface area contributed by atoms with Gasteiger partial charge in [-0.25, -0.2) is 14.8 Å². The van der Waals surface area contributed by atoms with Crippen molar-refractivity contribution in [3.63, 3.8) is 0 Å². The van der Waals surface area contributed by atoms with Crippen molar-refractivity contribution in [3.8, 4) is 0 Å². The zero-order chi connectivity index (χ0) is 12.6. The fourth-order valence-corrected chi connectivity index (χ4v) is 0.541.